The zero-order chi connectivity index (χ0) is 34.7. The van der Waals surface area contributed by atoms with Crippen LogP contribution in [0.1, 0.15) is 25.0 Å². The van der Waals surface area contributed by atoms with Crippen LogP contribution in [0.15, 0.2) is 167 Å². The van der Waals surface area contributed by atoms with E-state index in [0.717, 1.165) is 57.6 Å². The summed E-state index contributed by atoms with van der Waals surface area (Å²) in [6.07, 6.45) is 4.32. The molecule has 0 N–H and O–H groups in total. The van der Waals surface area contributed by atoms with Gasteiger partial charge in [-0.2, -0.15) is 0 Å². The van der Waals surface area contributed by atoms with E-state index in [4.69, 9.17) is 4.42 Å². The first kappa shape index (κ1) is 31.9. The molecular formula is C47H38N2O2. The van der Waals surface area contributed by atoms with Gasteiger partial charge >= 0.3 is 5.63 Å². The topological polar surface area (TPSA) is 36.7 Å². The Balaban J connectivity index is 1.04. The van der Waals surface area contributed by atoms with Gasteiger partial charge in [-0.1, -0.05) is 103 Å². The predicted molar refractivity (Wildman–Crippen MR) is 217 cm³/mol. The smallest absolute Gasteiger partial charge is 0.360 e. The normalized spacial score (nSPS) is 11.5. The van der Waals surface area contributed by atoms with E-state index in [9.17, 15) is 4.79 Å². The molecule has 4 nitrogen and oxygen atoms in total. The van der Waals surface area contributed by atoms with E-state index < -0.39 is 0 Å². The lowest BCUT2D eigenvalue weighted by molar-refractivity contribution is 0.523. The SMILES string of the molecule is CCN(CC)c1ccc(-c2ccc3cc(/C=C/c4ccc5cc(N(c6ccccc6)c6ccc7ccccc7c6)ccc5c4)ccc3c2)oc1=O. The van der Waals surface area contributed by atoms with Gasteiger partial charge in [-0.05, 0) is 124 Å². The van der Waals surface area contributed by atoms with Gasteiger partial charge in [0.2, 0.25) is 0 Å². The van der Waals surface area contributed by atoms with Crippen molar-refractivity contribution in [1.29, 1.82) is 0 Å². The van der Waals surface area contributed by atoms with Gasteiger partial charge in [0, 0.05) is 35.7 Å². The fraction of sp³-hybridized carbons (Fsp3) is 0.0851. The molecular weight excluding hydrogens is 625 g/mol. The van der Waals surface area contributed by atoms with Crippen LogP contribution in [0.5, 0.6) is 0 Å². The molecule has 8 aromatic rings. The molecule has 0 aliphatic heterocycles. The van der Waals surface area contributed by atoms with E-state index in [0.29, 0.717) is 11.4 Å². The molecule has 0 bridgehead atoms. The molecule has 0 spiro atoms. The molecule has 8 rings (SSSR count). The van der Waals surface area contributed by atoms with Crippen LogP contribution < -0.4 is 15.4 Å². The summed E-state index contributed by atoms with van der Waals surface area (Å²) in [5, 5.41) is 7.05. The number of nitrogens with zero attached hydrogens (tertiary/aromatic N) is 2. The maximum absolute atomic E-state index is 12.7. The standard InChI is InChI=1S/C47H38N2O2/c1-3-48(4-2)45-26-27-46(51-47(45)50)41-21-20-37-28-33(16-18-39(37)30-41)14-15-34-17-19-40-32-44(25-23-38(40)29-34)49(42-12-6-5-7-13-42)43-24-22-35-10-8-9-11-36(35)31-43/h5-32H,3-4H2,1-2H3/b15-14+. The number of para-hydroxylation sites is 1. The summed E-state index contributed by atoms with van der Waals surface area (Å²) < 4.78 is 5.73. The molecule has 1 aromatic heterocycles. The van der Waals surface area contributed by atoms with Crippen molar-refractivity contribution in [1.82, 2.24) is 0 Å². The van der Waals surface area contributed by atoms with Gasteiger partial charge in [0.25, 0.3) is 0 Å². The lowest BCUT2D eigenvalue weighted by atomic mass is 10.0. The molecule has 51 heavy (non-hydrogen) atoms. The quantitative estimate of drug-likeness (QED) is 0.144. The monoisotopic (exact) mass is 662 g/mol. The number of fused-ring (bicyclic) bond motifs is 3. The zero-order valence-corrected chi connectivity index (χ0v) is 28.8. The predicted octanol–water partition coefficient (Wildman–Crippen LogP) is 12.3. The van der Waals surface area contributed by atoms with Gasteiger partial charge < -0.3 is 14.2 Å². The van der Waals surface area contributed by atoms with Crippen LogP contribution in [0.2, 0.25) is 0 Å². The van der Waals surface area contributed by atoms with Gasteiger partial charge in [-0.15, -0.1) is 0 Å². The number of rotatable bonds is 9. The molecule has 0 aliphatic carbocycles. The van der Waals surface area contributed by atoms with Gasteiger partial charge in [0.1, 0.15) is 11.4 Å². The first-order valence-corrected chi connectivity index (χ1v) is 17.6. The average Bonchev–Trinajstić information content (AvgIpc) is 3.18. The molecule has 0 saturated heterocycles. The molecule has 0 unspecified atom stereocenters. The summed E-state index contributed by atoms with van der Waals surface area (Å²) >= 11 is 0. The van der Waals surface area contributed by atoms with Crippen molar-refractivity contribution >= 4 is 67.2 Å². The molecule has 7 aromatic carbocycles. The van der Waals surface area contributed by atoms with Crippen LogP contribution in [0.4, 0.5) is 22.7 Å². The van der Waals surface area contributed by atoms with Gasteiger partial charge in [0.05, 0.1) is 0 Å². The fourth-order valence-electron chi connectivity index (χ4n) is 6.91. The number of anilines is 4. The van der Waals surface area contributed by atoms with Crippen molar-refractivity contribution < 1.29 is 4.42 Å². The second kappa shape index (κ2) is 13.9. The van der Waals surface area contributed by atoms with E-state index in [1.165, 1.54) is 21.5 Å². The Bertz CT molecular complexity index is 2600. The second-order valence-corrected chi connectivity index (χ2v) is 12.8. The highest BCUT2D eigenvalue weighted by Gasteiger charge is 2.14. The van der Waals surface area contributed by atoms with Crippen LogP contribution in [0.25, 0.3) is 55.8 Å². The molecule has 0 atom stereocenters. The molecule has 0 aliphatic rings. The molecule has 4 heteroatoms. The van der Waals surface area contributed by atoms with Crippen LogP contribution in [-0.2, 0) is 0 Å². The summed E-state index contributed by atoms with van der Waals surface area (Å²) in [5.74, 6) is 0.576. The fourth-order valence-corrected chi connectivity index (χ4v) is 6.91. The van der Waals surface area contributed by atoms with Gasteiger partial charge in [0.15, 0.2) is 0 Å². The third kappa shape index (κ3) is 6.52. The van der Waals surface area contributed by atoms with Crippen molar-refractivity contribution in [2.45, 2.75) is 13.8 Å². The van der Waals surface area contributed by atoms with Crippen LogP contribution in [0.3, 0.4) is 0 Å². The zero-order valence-electron chi connectivity index (χ0n) is 28.8. The van der Waals surface area contributed by atoms with Crippen molar-refractivity contribution in [3.63, 3.8) is 0 Å². The highest BCUT2D eigenvalue weighted by Crippen LogP contribution is 2.37. The molecule has 0 fully saturated rings. The third-order valence-corrected chi connectivity index (χ3v) is 9.64. The van der Waals surface area contributed by atoms with Crippen LogP contribution in [-0.4, -0.2) is 13.1 Å². The van der Waals surface area contributed by atoms with Crippen LogP contribution >= 0.6 is 0 Å². The Morgan fingerprint density at radius 1 is 0.490 bits per heavy atom. The van der Waals surface area contributed by atoms with E-state index in [1.54, 1.807) is 0 Å². The van der Waals surface area contributed by atoms with E-state index in [-0.39, 0.29) is 5.63 Å². The lowest BCUT2D eigenvalue weighted by Crippen LogP contribution is -2.27. The molecule has 248 valence electrons. The average molecular weight is 663 g/mol. The Morgan fingerprint density at radius 2 is 1.02 bits per heavy atom. The third-order valence-electron chi connectivity index (χ3n) is 9.64. The van der Waals surface area contributed by atoms with Crippen molar-refractivity contribution in [3.05, 3.63) is 179 Å². The van der Waals surface area contributed by atoms with E-state index in [1.807, 2.05) is 36.9 Å². The van der Waals surface area contributed by atoms with Crippen molar-refractivity contribution in [3.8, 4) is 11.3 Å². The molecule has 0 saturated carbocycles. The van der Waals surface area contributed by atoms with Gasteiger partial charge in [-0.3, -0.25) is 0 Å². The summed E-state index contributed by atoms with van der Waals surface area (Å²) in [7, 11) is 0. The second-order valence-electron chi connectivity index (χ2n) is 12.8. The molecule has 1 heterocycles. The highest BCUT2D eigenvalue weighted by molar-refractivity contribution is 5.94. The van der Waals surface area contributed by atoms with Gasteiger partial charge in [-0.25, -0.2) is 4.79 Å². The Morgan fingerprint density at radius 3 is 1.67 bits per heavy atom. The summed E-state index contributed by atoms with van der Waals surface area (Å²) in [6.45, 7) is 5.59. The van der Waals surface area contributed by atoms with E-state index in [2.05, 4.69) is 157 Å². The Kier molecular flexibility index (Phi) is 8.65. The number of benzene rings is 7. The lowest BCUT2D eigenvalue weighted by Gasteiger charge is -2.26. The Labute approximate surface area is 298 Å². The Hall–Kier alpha value is -6.39. The summed E-state index contributed by atoms with van der Waals surface area (Å²) in [5.41, 5.74) is 6.81. The minimum atomic E-state index is -0.305. The number of hydrogen-bond acceptors (Lipinski definition) is 4. The molecule has 0 radical (unpaired) electrons. The minimum Gasteiger partial charge on any atom is -0.421 e. The highest BCUT2D eigenvalue weighted by atomic mass is 16.4. The maximum Gasteiger partial charge on any atom is 0.360 e. The maximum atomic E-state index is 12.7. The molecule has 0 amide bonds. The minimum absolute atomic E-state index is 0.305. The summed E-state index contributed by atoms with van der Waals surface area (Å²) in [4.78, 5) is 17.0. The summed E-state index contributed by atoms with van der Waals surface area (Å²) in [6, 6.07) is 55.4. The van der Waals surface area contributed by atoms with Crippen molar-refractivity contribution in [2.75, 3.05) is 22.9 Å². The first-order chi connectivity index (χ1) is 25.1. The van der Waals surface area contributed by atoms with E-state index >= 15 is 0 Å². The largest absolute Gasteiger partial charge is 0.421 e. The van der Waals surface area contributed by atoms with Crippen LogP contribution in [0, 0.1) is 0 Å². The number of hydrogen-bond donors (Lipinski definition) is 0. The van der Waals surface area contributed by atoms with Crippen molar-refractivity contribution in [2.24, 2.45) is 0 Å². The first-order valence-electron chi connectivity index (χ1n) is 17.6.